The van der Waals surface area contributed by atoms with Crippen molar-refractivity contribution in [2.24, 2.45) is 5.73 Å². The maximum atomic E-state index is 11.4. The van der Waals surface area contributed by atoms with Gasteiger partial charge >= 0.3 is 0 Å². The summed E-state index contributed by atoms with van der Waals surface area (Å²) in [5, 5.41) is 0. The van der Waals surface area contributed by atoms with Crippen molar-refractivity contribution in [2.75, 3.05) is 13.6 Å². The van der Waals surface area contributed by atoms with Gasteiger partial charge in [0.25, 0.3) is 5.91 Å². The fraction of sp³-hybridized carbons (Fsp3) is 0.538. The Balaban J connectivity index is 2.37. The van der Waals surface area contributed by atoms with Gasteiger partial charge in [-0.15, -0.1) is 0 Å². The van der Waals surface area contributed by atoms with E-state index in [2.05, 4.69) is 27.5 Å². The minimum Gasteiger partial charge on any atom is -0.364 e. The normalized spacial score (nSPS) is 16.1. The molecule has 98 valence electrons. The number of imidazole rings is 1. The summed E-state index contributed by atoms with van der Waals surface area (Å²) in [4.78, 5) is 18.0. The Morgan fingerprint density at radius 1 is 1.50 bits per heavy atom. The van der Waals surface area contributed by atoms with E-state index in [4.69, 9.17) is 5.73 Å². The monoisotopic (exact) mass is 248 g/mol. The molecule has 0 bridgehead atoms. The molecule has 5 nitrogen and oxygen atoms in total. The summed E-state index contributed by atoms with van der Waals surface area (Å²) in [6.45, 7) is 4.69. The predicted molar refractivity (Wildman–Crippen MR) is 71.0 cm³/mol. The number of carbonyl (C=O) groups excluding carboxylic acids is 1. The number of likely N-dealkylation sites (N-methyl/N-ethyl adjacent to an activating group) is 1. The third kappa shape index (κ3) is 2.46. The van der Waals surface area contributed by atoms with E-state index in [0.29, 0.717) is 5.69 Å². The second-order valence-electron chi connectivity index (χ2n) is 4.71. The highest BCUT2D eigenvalue weighted by Crippen LogP contribution is 2.19. The molecule has 0 saturated carbocycles. The summed E-state index contributed by atoms with van der Waals surface area (Å²) in [5.74, 6) is 0.407. The van der Waals surface area contributed by atoms with Crippen molar-refractivity contribution in [3.05, 3.63) is 23.3 Å². The lowest BCUT2D eigenvalue weighted by Gasteiger charge is -2.25. The Morgan fingerprint density at radius 3 is 2.94 bits per heavy atom. The molecule has 5 heteroatoms. The average Bonchev–Trinajstić information content (AvgIpc) is 2.68. The highest BCUT2D eigenvalue weighted by molar-refractivity contribution is 5.92. The maximum absolute atomic E-state index is 11.4. The maximum Gasteiger partial charge on any atom is 0.269 e. The Morgan fingerprint density at radius 2 is 2.28 bits per heavy atom. The molecule has 1 aliphatic heterocycles. The second-order valence-corrected chi connectivity index (χ2v) is 4.71. The molecule has 0 aromatic carbocycles. The van der Waals surface area contributed by atoms with E-state index < -0.39 is 5.91 Å². The van der Waals surface area contributed by atoms with Crippen molar-refractivity contribution < 1.29 is 4.79 Å². The van der Waals surface area contributed by atoms with Crippen molar-refractivity contribution in [3.8, 4) is 0 Å². The summed E-state index contributed by atoms with van der Waals surface area (Å²) in [6, 6.07) is 0. The third-order valence-electron chi connectivity index (χ3n) is 3.18. The number of fused-ring (bicyclic) bond motifs is 1. The van der Waals surface area contributed by atoms with E-state index in [9.17, 15) is 4.79 Å². The van der Waals surface area contributed by atoms with Crippen LogP contribution in [0.1, 0.15) is 41.8 Å². The third-order valence-corrected chi connectivity index (χ3v) is 3.18. The molecule has 1 aliphatic rings. The fourth-order valence-corrected chi connectivity index (χ4v) is 2.20. The lowest BCUT2D eigenvalue weighted by atomic mass is 10.2. The quantitative estimate of drug-likeness (QED) is 0.872. The van der Waals surface area contributed by atoms with Crippen molar-refractivity contribution in [1.29, 1.82) is 0 Å². The summed E-state index contributed by atoms with van der Waals surface area (Å²) >= 11 is 0. The van der Waals surface area contributed by atoms with E-state index in [1.807, 2.05) is 13.1 Å². The van der Waals surface area contributed by atoms with Crippen LogP contribution in [-0.2, 0) is 13.1 Å². The first-order chi connectivity index (χ1) is 8.63. The molecule has 0 atom stereocenters. The topological polar surface area (TPSA) is 64.1 Å². The van der Waals surface area contributed by atoms with Crippen molar-refractivity contribution in [3.63, 3.8) is 0 Å². The number of allylic oxidation sites excluding steroid dienone is 1. The molecule has 1 aromatic heterocycles. The van der Waals surface area contributed by atoms with Crippen LogP contribution in [0.2, 0.25) is 0 Å². The van der Waals surface area contributed by atoms with Gasteiger partial charge in [0.15, 0.2) is 5.69 Å². The van der Waals surface area contributed by atoms with E-state index in [-0.39, 0.29) is 0 Å². The minimum absolute atomic E-state index is 0.415. The van der Waals surface area contributed by atoms with Gasteiger partial charge in [-0.05, 0) is 19.5 Å². The lowest BCUT2D eigenvalue weighted by Crippen LogP contribution is -2.32. The number of rotatable bonds is 4. The molecule has 0 fully saturated rings. The Hall–Kier alpha value is -1.62. The van der Waals surface area contributed by atoms with Crippen LogP contribution in [0.4, 0.5) is 0 Å². The van der Waals surface area contributed by atoms with Crippen LogP contribution >= 0.6 is 0 Å². The summed E-state index contributed by atoms with van der Waals surface area (Å²) in [7, 11) is 2.04. The van der Waals surface area contributed by atoms with Crippen LogP contribution in [-0.4, -0.2) is 34.0 Å². The molecule has 0 unspecified atom stereocenters. The molecule has 2 N–H and O–H groups in total. The minimum atomic E-state index is -0.441. The molecule has 2 heterocycles. The van der Waals surface area contributed by atoms with Crippen LogP contribution in [0, 0.1) is 0 Å². The zero-order valence-electron chi connectivity index (χ0n) is 11.0. The van der Waals surface area contributed by atoms with Crippen LogP contribution in [0.25, 0.3) is 6.08 Å². The molecular weight excluding hydrogens is 228 g/mol. The first-order valence-electron chi connectivity index (χ1n) is 6.37. The van der Waals surface area contributed by atoms with E-state index in [1.54, 1.807) is 0 Å². The van der Waals surface area contributed by atoms with Gasteiger partial charge in [0.05, 0.1) is 5.69 Å². The number of nitrogens with two attached hydrogens (primary N) is 1. The molecule has 0 spiro atoms. The smallest absolute Gasteiger partial charge is 0.269 e. The van der Waals surface area contributed by atoms with Gasteiger partial charge in [-0.2, -0.15) is 0 Å². The molecule has 18 heavy (non-hydrogen) atoms. The number of aromatic nitrogens is 2. The van der Waals surface area contributed by atoms with E-state index >= 15 is 0 Å². The Kier molecular flexibility index (Phi) is 3.81. The first kappa shape index (κ1) is 12.8. The number of unbranched alkanes of at least 4 members (excludes halogenated alkanes) is 1. The van der Waals surface area contributed by atoms with Crippen LogP contribution < -0.4 is 5.73 Å². The molecule has 1 aromatic rings. The average molecular weight is 248 g/mol. The number of hydrogen-bond donors (Lipinski definition) is 1. The Labute approximate surface area is 107 Å². The molecule has 2 rings (SSSR count). The zero-order valence-corrected chi connectivity index (χ0v) is 11.0. The largest absolute Gasteiger partial charge is 0.364 e. The predicted octanol–water partition coefficient (Wildman–Crippen LogP) is 1.24. The Bertz CT molecular complexity index is 476. The van der Waals surface area contributed by atoms with Gasteiger partial charge in [-0.25, -0.2) is 4.98 Å². The second kappa shape index (κ2) is 5.35. The molecule has 0 radical (unpaired) electrons. The lowest BCUT2D eigenvalue weighted by molar-refractivity contribution is 0.0993. The fourth-order valence-electron chi connectivity index (χ4n) is 2.20. The number of nitrogens with zero attached hydrogens (tertiary/aromatic N) is 3. The van der Waals surface area contributed by atoms with Gasteiger partial charge in [0, 0.05) is 19.6 Å². The summed E-state index contributed by atoms with van der Waals surface area (Å²) < 4.78 is 2.10. The molecule has 1 amide bonds. The molecule has 0 saturated heterocycles. The number of hydrogen-bond acceptors (Lipinski definition) is 3. The highest BCUT2D eigenvalue weighted by Gasteiger charge is 2.23. The number of amides is 1. The number of carbonyl (C=O) groups is 1. The SMILES string of the molecule is CCC/C=C/c1nc(C(N)=O)c2n1CCN(C)C2. The van der Waals surface area contributed by atoms with Crippen molar-refractivity contribution in [1.82, 2.24) is 14.5 Å². The molecule has 0 aliphatic carbocycles. The van der Waals surface area contributed by atoms with Crippen LogP contribution in [0.15, 0.2) is 6.08 Å². The number of primary amides is 1. The molecular formula is C13H20N4O. The van der Waals surface area contributed by atoms with Crippen molar-refractivity contribution in [2.45, 2.75) is 32.9 Å². The van der Waals surface area contributed by atoms with E-state index in [0.717, 1.165) is 44.0 Å². The van der Waals surface area contributed by atoms with Gasteiger partial charge in [0.2, 0.25) is 0 Å². The van der Waals surface area contributed by atoms with Gasteiger partial charge in [0.1, 0.15) is 5.82 Å². The highest BCUT2D eigenvalue weighted by atomic mass is 16.1. The van der Waals surface area contributed by atoms with Crippen molar-refractivity contribution >= 4 is 12.0 Å². The summed E-state index contributed by atoms with van der Waals surface area (Å²) in [5.41, 5.74) is 6.75. The van der Waals surface area contributed by atoms with Gasteiger partial charge in [-0.3, -0.25) is 9.69 Å². The van der Waals surface area contributed by atoms with Gasteiger partial charge in [-0.1, -0.05) is 19.4 Å². The summed E-state index contributed by atoms with van der Waals surface area (Å²) in [6.07, 6.45) is 6.22. The van der Waals surface area contributed by atoms with Crippen LogP contribution in [0.3, 0.4) is 0 Å². The van der Waals surface area contributed by atoms with Gasteiger partial charge < -0.3 is 10.3 Å². The van der Waals surface area contributed by atoms with Crippen LogP contribution in [0.5, 0.6) is 0 Å². The van der Waals surface area contributed by atoms with E-state index in [1.165, 1.54) is 0 Å². The zero-order chi connectivity index (χ0) is 13.1. The first-order valence-corrected chi connectivity index (χ1v) is 6.37. The standard InChI is InChI=1S/C13H20N4O/c1-3-4-5-6-11-15-12(13(14)18)10-9-16(2)7-8-17(10)11/h5-6H,3-4,7-9H2,1-2H3,(H2,14,18)/b6-5+.